The smallest absolute Gasteiger partial charge is 0.230 e. The van der Waals surface area contributed by atoms with Gasteiger partial charge in [-0.05, 0) is 43.4 Å². The Hall–Kier alpha value is -1.84. The molecule has 22 heavy (non-hydrogen) atoms. The zero-order valence-corrected chi connectivity index (χ0v) is 13.6. The fraction of sp³-hybridized carbons (Fsp3) is 0.556. The summed E-state index contributed by atoms with van der Waals surface area (Å²) in [6.45, 7) is 4.77. The number of carbonyl (C=O) groups is 2. The van der Waals surface area contributed by atoms with Gasteiger partial charge in [-0.25, -0.2) is 0 Å². The minimum Gasteiger partial charge on any atom is -0.355 e. The number of hydrogen-bond acceptors (Lipinski definition) is 2. The summed E-state index contributed by atoms with van der Waals surface area (Å²) in [6, 6.07) is 7.75. The van der Waals surface area contributed by atoms with Gasteiger partial charge in [-0.15, -0.1) is 0 Å². The summed E-state index contributed by atoms with van der Waals surface area (Å²) in [7, 11) is 0. The van der Waals surface area contributed by atoms with E-state index in [1.54, 1.807) is 0 Å². The SMILES string of the molecule is CCCNC(=O)C1(c2ccc(NC(=O)CCC)cc2)CCC1. The van der Waals surface area contributed by atoms with Crippen LogP contribution >= 0.6 is 0 Å². The van der Waals surface area contributed by atoms with Crippen molar-refractivity contribution in [2.45, 2.75) is 57.8 Å². The second-order valence-corrected chi connectivity index (χ2v) is 6.07. The first-order valence-electron chi connectivity index (χ1n) is 8.31. The molecule has 4 nitrogen and oxygen atoms in total. The average molecular weight is 302 g/mol. The molecule has 0 aromatic heterocycles. The number of carbonyl (C=O) groups excluding carboxylic acids is 2. The van der Waals surface area contributed by atoms with Crippen LogP contribution in [-0.2, 0) is 15.0 Å². The van der Waals surface area contributed by atoms with Crippen molar-refractivity contribution < 1.29 is 9.59 Å². The maximum Gasteiger partial charge on any atom is 0.230 e. The van der Waals surface area contributed by atoms with Crippen molar-refractivity contribution in [1.29, 1.82) is 0 Å². The maximum absolute atomic E-state index is 12.5. The number of hydrogen-bond donors (Lipinski definition) is 2. The van der Waals surface area contributed by atoms with Gasteiger partial charge in [-0.3, -0.25) is 9.59 Å². The lowest BCUT2D eigenvalue weighted by atomic mass is 9.64. The van der Waals surface area contributed by atoms with Crippen molar-refractivity contribution in [3.8, 4) is 0 Å². The molecule has 0 saturated heterocycles. The highest BCUT2D eigenvalue weighted by atomic mass is 16.2. The second-order valence-electron chi connectivity index (χ2n) is 6.07. The quantitative estimate of drug-likeness (QED) is 0.811. The predicted octanol–water partition coefficient (Wildman–Crippen LogP) is 3.37. The summed E-state index contributed by atoms with van der Waals surface area (Å²) in [4.78, 5) is 24.1. The van der Waals surface area contributed by atoms with Gasteiger partial charge < -0.3 is 10.6 Å². The molecule has 1 aromatic carbocycles. The van der Waals surface area contributed by atoms with Crippen molar-refractivity contribution in [1.82, 2.24) is 5.32 Å². The monoisotopic (exact) mass is 302 g/mol. The Morgan fingerprint density at radius 3 is 2.27 bits per heavy atom. The predicted molar refractivity (Wildman–Crippen MR) is 88.8 cm³/mol. The Morgan fingerprint density at radius 1 is 1.09 bits per heavy atom. The summed E-state index contributed by atoms with van der Waals surface area (Å²) in [5.74, 6) is 0.178. The van der Waals surface area contributed by atoms with Gasteiger partial charge in [0.2, 0.25) is 11.8 Å². The molecule has 1 aromatic rings. The molecule has 0 spiro atoms. The van der Waals surface area contributed by atoms with Gasteiger partial charge in [0.1, 0.15) is 0 Å². The van der Waals surface area contributed by atoms with Gasteiger partial charge in [-0.1, -0.05) is 32.4 Å². The number of rotatable bonds is 7. The van der Waals surface area contributed by atoms with Crippen LogP contribution in [0.2, 0.25) is 0 Å². The Morgan fingerprint density at radius 2 is 1.77 bits per heavy atom. The van der Waals surface area contributed by atoms with Crippen LogP contribution in [0.4, 0.5) is 5.69 Å². The van der Waals surface area contributed by atoms with E-state index in [1.807, 2.05) is 31.2 Å². The fourth-order valence-electron chi connectivity index (χ4n) is 2.91. The molecule has 0 radical (unpaired) electrons. The van der Waals surface area contributed by atoms with Gasteiger partial charge in [0.15, 0.2) is 0 Å². The molecule has 0 aliphatic heterocycles. The molecule has 0 bridgehead atoms. The summed E-state index contributed by atoms with van der Waals surface area (Å²) in [6.07, 6.45) is 5.22. The molecular formula is C18H26N2O2. The first-order chi connectivity index (χ1) is 10.6. The van der Waals surface area contributed by atoms with Crippen molar-refractivity contribution in [3.63, 3.8) is 0 Å². The van der Waals surface area contributed by atoms with Crippen molar-refractivity contribution in [2.24, 2.45) is 0 Å². The molecule has 0 unspecified atom stereocenters. The Bertz CT molecular complexity index is 518. The first kappa shape index (κ1) is 16.5. The molecule has 2 rings (SSSR count). The molecular weight excluding hydrogens is 276 g/mol. The number of nitrogens with one attached hydrogen (secondary N) is 2. The molecule has 2 N–H and O–H groups in total. The van der Waals surface area contributed by atoms with Gasteiger partial charge in [0, 0.05) is 18.7 Å². The zero-order valence-electron chi connectivity index (χ0n) is 13.6. The third-order valence-corrected chi connectivity index (χ3v) is 4.38. The average Bonchev–Trinajstić information content (AvgIpc) is 2.46. The third kappa shape index (κ3) is 3.49. The standard InChI is InChI=1S/C18H26N2O2/c1-3-6-16(21)20-15-9-7-14(8-10-15)18(11-5-12-18)17(22)19-13-4-2/h7-10H,3-6,11-13H2,1-2H3,(H,19,22)(H,20,21). The van der Waals surface area contributed by atoms with E-state index in [2.05, 4.69) is 17.6 Å². The van der Waals surface area contributed by atoms with Crippen LogP contribution in [0.3, 0.4) is 0 Å². The van der Waals surface area contributed by atoms with E-state index in [1.165, 1.54) is 0 Å². The minimum absolute atomic E-state index is 0.0364. The molecule has 0 heterocycles. The molecule has 1 aliphatic rings. The lowest BCUT2D eigenvalue weighted by molar-refractivity contribution is -0.129. The van der Waals surface area contributed by atoms with E-state index in [0.29, 0.717) is 6.42 Å². The van der Waals surface area contributed by atoms with Gasteiger partial charge in [0.25, 0.3) is 0 Å². The molecule has 2 amide bonds. The van der Waals surface area contributed by atoms with Gasteiger partial charge >= 0.3 is 0 Å². The topological polar surface area (TPSA) is 58.2 Å². The zero-order chi connectivity index (χ0) is 16.0. The van der Waals surface area contributed by atoms with E-state index in [4.69, 9.17) is 0 Å². The third-order valence-electron chi connectivity index (χ3n) is 4.38. The molecule has 120 valence electrons. The van der Waals surface area contributed by atoms with Crippen molar-refractivity contribution >= 4 is 17.5 Å². The summed E-state index contributed by atoms with van der Waals surface area (Å²) in [5.41, 5.74) is 1.49. The number of anilines is 1. The van der Waals surface area contributed by atoms with Crippen LogP contribution in [0.1, 0.15) is 57.9 Å². The first-order valence-corrected chi connectivity index (χ1v) is 8.31. The number of amides is 2. The summed E-state index contributed by atoms with van der Waals surface area (Å²) >= 11 is 0. The van der Waals surface area contributed by atoms with Crippen LogP contribution in [0, 0.1) is 0 Å². The molecule has 0 atom stereocenters. The normalized spacial score (nSPS) is 15.7. The van der Waals surface area contributed by atoms with Crippen LogP contribution in [0.5, 0.6) is 0 Å². The number of benzene rings is 1. The molecule has 1 aliphatic carbocycles. The van der Waals surface area contributed by atoms with E-state index in [0.717, 1.165) is 49.9 Å². The molecule has 1 fully saturated rings. The van der Waals surface area contributed by atoms with E-state index in [-0.39, 0.29) is 17.2 Å². The van der Waals surface area contributed by atoms with Gasteiger partial charge in [0.05, 0.1) is 5.41 Å². The van der Waals surface area contributed by atoms with Gasteiger partial charge in [-0.2, -0.15) is 0 Å². The Kier molecular flexibility index (Phi) is 5.58. The van der Waals surface area contributed by atoms with E-state index < -0.39 is 0 Å². The van der Waals surface area contributed by atoms with Crippen LogP contribution in [0.25, 0.3) is 0 Å². The highest BCUT2D eigenvalue weighted by molar-refractivity contribution is 5.91. The summed E-state index contributed by atoms with van der Waals surface area (Å²) in [5, 5.41) is 5.91. The maximum atomic E-state index is 12.5. The van der Waals surface area contributed by atoms with Crippen LogP contribution < -0.4 is 10.6 Å². The minimum atomic E-state index is -0.360. The second kappa shape index (κ2) is 7.43. The highest BCUT2D eigenvalue weighted by Crippen LogP contribution is 2.44. The largest absolute Gasteiger partial charge is 0.355 e. The van der Waals surface area contributed by atoms with E-state index >= 15 is 0 Å². The van der Waals surface area contributed by atoms with Crippen LogP contribution in [-0.4, -0.2) is 18.4 Å². The lowest BCUT2D eigenvalue weighted by Crippen LogP contribution is -2.49. The molecule has 1 saturated carbocycles. The fourth-order valence-corrected chi connectivity index (χ4v) is 2.91. The molecule has 4 heteroatoms. The summed E-state index contributed by atoms with van der Waals surface area (Å²) < 4.78 is 0. The highest BCUT2D eigenvalue weighted by Gasteiger charge is 2.45. The van der Waals surface area contributed by atoms with Crippen molar-refractivity contribution in [3.05, 3.63) is 29.8 Å². The van der Waals surface area contributed by atoms with E-state index in [9.17, 15) is 9.59 Å². The van der Waals surface area contributed by atoms with Crippen LogP contribution in [0.15, 0.2) is 24.3 Å². The lowest BCUT2D eigenvalue weighted by Gasteiger charge is -2.40. The Balaban J connectivity index is 2.07. The Labute approximate surface area is 132 Å². The van der Waals surface area contributed by atoms with Crippen molar-refractivity contribution in [2.75, 3.05) is 11.9 Å².